The zero-order valence-corrected chi connectivity index (χ0v) is 12.7. The SMILES string of the molecule is Cc1noc(C)c1CN(C)C(=O)CC1(N)CCCCC1. The second-order valence-electron chi connectivity index (χ2n) is 6.15. The van der Waals surface area contributed by atoms with E-state index in [2.05, 4.69) is 5.16 Å². The molecule has 1 aromatic rings. The summed E-state index contributed by atoms with van der Waals surface area (Å²) < 4.78 is 5.13. The summed E-state index contributed by atoms with van der Waals surface area (Å²) in [6.45, 7) is 4.31. The largest absolute Gasteiger partial charge is 0.361 e. The first-order valence-corrected chi connectivity index (χ1v) is 7.36. The van der Waals surface area contributed by atoms with E-state index in [1.54, 1.807) is 4.90 Å². The van der Waals surface area contributed by atoms with E-state index in [1.165, 1.54) is 6.42 Å². The third kappa shape index (κ3) is 3.39. The van der Waals surface area contributed by atoms with Crippen molar-refractivity contribution in [1.29, 1.82) is 0 Å². The van der Waals surface area contributed by atoms with Crippen molar-refractivity contribution in [2.75, 3.05) is 7.05 Å². The standard InChI is InChI=1S/C15H25N3O2/c1-11-13(12(2)20-17-11)10-18(3)14(19)9-15(16)7-5-4-6-8-15/h4-10,16H2,1-3H3. The Hall–Kier alpha value is -1.36. The lowest BCUT2D eigenvalue weighted by Crippen LogP contribution is -2.46. The van der Waals surface area contributed by atoms with Crippen LogP contribution in [0.4, 0.5) is 0 Å². The van der Waals surface area contributed by atoms with Crippen molar-refractivity contribution in [3.63, 3.8) is 0 Å². The second-order valence-corrected chi connectivity index (χ2v) is 6.15. The van der Waals surface area contributed by atoms with E-state index in [1.807, 2.05) is 20.9 Å². The quantitative estimate of drug-likeness (QED) is 0.918. The van der Waals surface area contributed by atoms with Crippen LogP contribution in [0, 0.1) is 13.8 Å². The van der Waals surface area contributed by atoms with Gasteiger partial charge >= 0.3 is 0 Å². The molecule has 0 bridgehead atoms. The normalized spacial score (nSPS) is 18.0. The van der Waals surface area contributed by atoms with Gasteiger partial charge in [0.15, 0.2) is 0 Å². The monoisotopic (exact) mass is 279 g/mol. The molecule has 2 N–H and O–H groups in total. The fourth-order valence-corrected chi connectivity index (χ4v) is 2.92. The van der Waals surface area contributed by atoms with Crippen LogP contribution in [-0.4, -0.2) is 28.6 Å². The van der Waals surface area contributed by atoms with Crippen molar-refractivity contribution in [3.8, 4) is 0 Å². The predicted molar refractivity (Wildman–Crippen MR) is 77.1 cm³/mol. The maximum absolute atomic E-state index is 12.4. The molecule has 20 heavy (non-hydrogen) atoms. The molecule has 0 aromatic carbocycles. The highest BCUT2D eigenvalue weighted by molar-refractivity contribution is 5.77. The Kier molecular flexibility index (Phi) is 4.48. The van der Waals surface area contributed by atoms with Crippen LogP contribution in [0.1, 0.15) is 55.5 Å². The number of carbonyl (C=O) groups is 1. The lowest BCUT2D eigenvalue weighted by molar-refractivity contribution is -0.132. The lowest BCUT2D eigenvalue weighted by Gasteiger charge is -2.34. The Bertz CT molecular complexity index is 456. The zero-order valence-electron chi connectivity index (χ0n) is 12.7. The van der Waals surface area contributed by atoms with E-state index in [-0.39, 0.29) is 11.4 Å². The molecule has 0 saturated heterocycles. The molecule has 1 heterocycles. The average molecular weight is 279 g/mol. The molecule has 5 nitrogen and oxygen atoms in total. The lowest BCUT2D eigenvalue weighted by atomic mass is 9.80. The van der Waals surface area contributed by atoms with Crippen molar-refractivity contribution >= 4 is 5.91 Å². The molecular weight excluding hydrogens is 254 g/mol. The highest BCUT2D eigenvalue weighted by atomic mass is 16.5. The molecular formula is C15H25N3O2. The van der Waals surface area contributed by atoms with Gasteiger partial charge in [-0.25, -0.2) is 0 Å². The van der Waals surface area contributed by atoms with Gasteiger partial charge in [0, 0.05) is 24.6 Å². The molecule has 112 valence electrons. The second kappa shape index (κ2) is 5.95. The van der Waals surface area contributed by atoms with E-state index in [4.69, 9.17) is 10.3 Å². The highest BCUT2D eigenvalue weighted by Crippen LogP contribution is 2.29. The topological polar surface area (TPSA) is 72.4 Å². The van der Waals surface area contributed by atoms with E-state index in [9.17, 15) is 4.79 Å². The van der Waals surface area contributed by atoms with Crippen molar-refractivity contribution < 1.29 is 9.32 Å². The molecule has 1 saturated carbocycles. The number of nitrogens with two attached hydrogens (primary N) is 1. The fourth-order valence-electron chi connectivity index (χ4n) is 2.92. The molecule has 1 aliphatic carbocycles. The Morgan fingerprint density at radius 3 is 2.55 bits per heavy atom. The van der Waals surface area contributed by atoms with Crippen molar-refractivity contribution in [2.45, 2.75) is 64.5 Å². The zero-order chi connectivity index (χ0) is 14.8. The number of carbonyl (C=O) groups excluding carboxylic acids is 1. The van der Waals surface area contributed by atoms with Gasteiger partial charge in [-0.2, -0.15) is 0 Å². The molecule has 0 spiro atoms. The van der Waals surface area contributed by atoms with Gasteiger partial charge < -0.3 is 15.2 Å². The van der Waals surface area contributed by atoms with Crippen LogP contribution in [0.3, 0.4) is 0 Å². The van der Waals surface area contributed by atoms with E-state index in [0.717, 1.165) is 42.7 Å². The van der Waals surface area contributed by atoms with Gasteiger partial charge in [0.05, 0.1) is 12.2 Å². The number of hydrogen-bond acceptors (Lipinski definition) is 4. The van der Waals surface area contributed by atoms with E-state index < -0.39 is 0 Å². The number of aryl methyl sites for hydroxylation is 2. The van der Waals surface area contributed by atoms with E-state index in [0.29, 0.717) is 13.0 Å². The van der Waals surface area contributed by atoms with Crippen molar-refractivity contribution in [1.82, 2.24) is 10.1 Å². The Labute approximate surface area is 120 Å². The summed E-state index contributed by atoms with van der Waals surface area (Å²) in [4.78, 5) is 14.1. The molecule has 1 fully saturated rings. The minimum Gasteiger partial charge on any atom is -0.361 e. The smallest absolute Gasteiger partial charge is 0.224 e. The summed E-state index contributed by atoms with van der Waals surface area (Å²) in [5, 5.41) is 3.92. The van der Waals surface area contributed by atoms with Crippen molar-refractivity contribution in [3.05, 3.63) is 17.0 Å². The Morgan fingerprint density at radius 2 is 2.00 bits per heavy atom. The van der Waals surface area contributed by atoms with Crippen LogP contribution in [0.25, 0.3) is 0 Å². The first kappa shape index (κ1) is 15.0. The summed E-state index contributed by atoms with van der Waals surface area (Å²) in [7, 11) is 1.82. The summed E-state index contributed by atoms with van der Waals surface area (Å²) in [5.41, 5.74) is 7.89. The average Bonchev–Trinajstić information content (AvgIpc) is 2.70. The van der Waals surface area contributed by atoms with Gasteiger partial charge in [-0.05, 0) is 26.7 Å². The summed E-state index contributed by atoms with van der Waals surface area (Å²) in [6.07, 6.45) is 5.86. The van der Waals surface area contributed by atoms with Gasteiger partial charge in [0.25, 0.3) is 0 Å². The van der Waals surface area contributed by atoms with Gasteiger partial charge in [0.2, 0.25) is 5.91 Å². The van der Waals surface area contributed by atoms with E-state index >= 15 is 0 Å². The molecule has 0 atom stereocenters. The number of amides is 1. The van der Waals surface area contributed by atoms with Crippen molar-refractivity contribution in [2.24, 2.45) is 5.73 Å². The summed E-state index contributed by atoms with van der Waals surface area (Å²) >= 11 is 0. The molecule has 0 aliphatic heterocycles. The minimum atomic E-state index is -0.303. The third-order valence-corrected chi connectivity index (χ3v) is 4.35. The van der Waals surface area contributed by atoms with Crippen LogP contribution in [0.15, 0.2) is 4.52 Å². The highest BCUT2D eigenvalue weighted by Gasteiger charge is 2.31. The maximum Gasteiger partial charge on any atom is 0.224 e. The van der Waals surface area contributed by atoms with Gasteiger partial charge in [-0.15, -0.1) is 0 Å². The van der Waals surface area contributed by atoms with Crippen LogP contribution >= 0.6 is 0 Å². The number of nitrogens with zero attached hydrogens (tertiary/aromatic N) is 2. The first-order chi connectivity index (χ1) is 9.41. The fraction of sp³-hybridized carbons (Fsp3) is 0.733. The molecule has 5 heteroatoms. The number of rotatable bonds is 4. The minimum absolute atomic E-state index is 0.106. The molecule has 1 aliphatic rings. The number of aromatic nitrogens is 1. The first-order valence-electron chi connectivity index (χ1n) is 7.36. The summed E-state index contributed by atoms with van der Waals surface area (Å²) in [6, 6.07) is 0. The molecule has 0 radical (unpaired) electrons. The Balaban J connectivity index is 1.95. The molecule has 1 amide bonds. The number of hydrogen-bond donors (Lipinski definition) is 1. The van der Waals surface area contributed by atoms with Gasteiger partial charge in [-0.1, -0.05) is 24.4 Å². The predicted octanol–water partition coefficient (Wildman–Crippen LogP) is 2.30. The van der Waals surface area contributed by atoms with Crippen LogP contribution in [0.5, 0.6) is 0 Å². The van der Waals surface area contributed by atoms with Gasteiger partial charge in [0.1, 0.15) is 5.76 Å². The molecule has 1 aromatic heterocycles. The maximum atomic E-state index is 12.4. The molecule has 0 unspecified atom stereocenters. The van der Waals surface area contributed by atoms with Crippen LogP contribution in [-0.2, 0) is 11.3 Å². The Morgan fingerprint density at radius 1 is 1.35 bits per heavy atom. The van der Waals surface area contributed by atoms with Crippen LogP contribution < -0.4 is 5.73 Å². The van der Waals surface area contributed by atoms with Gasteiger partial charge in [-0.3, -0.25) is 4.79 Å². The third-order valence-electron chi connectivity index (χ3n) is 4.35. The molecule has 2 rings (SSSR count). The van der Waals surface area contributed by atoms with Crippen LogP contribution in [0.2, 0.25) is 0 Å². The summed E-state index contributed by atoms with van der Waals surface area (Å²) in [5.74, 6) is 0.886.